The number of halogens is 4. The summed E-state index contributed by atoms with van der Waals surface area (Å²) in [6.07, 6.45) is 0. The topological polar surface area (TPSA) is 0 Å². The minimum absolute atomic E-state index is 0.107. The molecule has 0 aliphatic heterocycles. The van der Waals surface area contributed by atoms with E-state index in [2.05, 4.69) is 11.8 Å². The monoisotopic (exact) mass is 390 g/mol. The van der Waals surface area contributed by atoms with Crippen LogP contribution in [0.1, 0.15) is 16.7 Å². The number of hydrogen-bond donors (Lipinski definition) is 0. The van der Waals surface area contributed by atoms with Crippen LogP contribution in [-0.2, 0) is 0 Å². The Kier molecular flexibility index (Phi) is 4.82. The summed E-state index contributed by atoms with van der Waals surface area (Å²) in [6, 6.07) is 16.0. The van der Waals surface area contributed by atoms with Gasteiger partial charge in [0.05, 0.1) is 11.1 Å². The number of benzene rings is 4. The molecule has 0 saturated heterocycles. The third-order valence-electron chi connectivity index (χ3n) is 4.59. The third-order valence-corrected chi connectivity index (χ3v) is 4.59. The fourth-order valence-electron chi connectivity index (χ4n) is 3.18. The van der Waals surface area contributed by atoms with Crippen molar-refractivity contribution in [2.45, 2.75) is 6.92 Å². The van der Waals surface area contributed by atoms with Crippen LogP contribution in [0.2, 0.25) is 0 Å². The van der Waals surface area contributed by atoms with E-state index in [0.717, 1.165) is 16.8 Å². The average Bonchev–Trinajstić information content (AvgIpc) is 2.66. The van der Waals surface area contributed by atoms with Crippen molar-refractivity contribution in [2.75, 3.05) is 0 Å². The molecular formula is C25H14F4. The van der Waals surface area contributed by atoms with Gasteiger partial charge in [-0.05, 0) is 77.4 Å². The smallest absolute Gasteiger partial charge is 0.139 e. The summed E-state index contributed by atoms with van der Waals surface area (Å²) in [6.45, 7) is 1.58. The highest BCUT2D eigenvalue weighted by atomic mass is 19.1. The van der Waals surface area contributed by atoms with Crippen LogP contribution >= 0.6 is 0 Å². The molecule has 0 nitrogen and oxygen atoms in total. The molecule has 0 amide bonds. The number of rotatable bonds is 1. The van der Waals surface area contributed by atoms with E-state index in [1.807, 2.05) is 0 Å². The zero-order valence-electron chi connectivity index (χ0n) is 15.4. The van der Waals surface area contributed by atoms with Gasteiger partial charge in [-0.3, -0.25) is 0 Å². The minimum atomic E-state index is -0.742. The van der Waals surface area contributed by atoms with Crippen LogP contribution in [0.4, 0.5) is 17.6 Å². The Morgan fingerprint density at radius 2 is 1.31 bits per heavy atom. The molecule has 0 atom stereocenters. The molecule has 0 fully saturated rings. The summed E-state index contributed by atoms with van der Waals surface area (Å²) in [7, 11) is 0. The molecule has 0 heterocycles. The molecule has 0 saturated carbocycles. The summed E-state index contributed by atoms with van der Waals surface area (Å²) in [4.78, 5) is 0. The van der Waals surface area contributed by atoms with Crippen molar-refractivity contribution in [1.29, 1.82) is 0 Å². The molecule has 29 heavy (non-hydrogen) atoms. The summed E-state index contributed by atoms with van der Waals surface area (Å²) >= 11 is 0. The predicted octanol–water partition coefficient (Wildman–Crippen LogP) is 6.77. The highest BCUT2D eigenvalue weighted by Gasteiger charge is 2.14. The van der Waals surface area contributed by atoms with Gasteiger partial charge in [0.1, 0.15) is 23.3 Å². The summed E-state index contributed by atoms with van der Waals surface area (Å²) in [5.74, 6) is 3.13. The van der Waals surface area contributed by atoms with E-state index in [1.165, 1.54) is 36.4 Å². The van der Waals surface area contributed by atoms with Crippen molar-refractivity contribution in [2.24, 2.45) is 0 Å². The van der Waals surface area contributed by atoms with E-state index < -0.39 is 17.5 Å². The lowest BCUT2D eigenvalue weighted by molar-refractivity contribution is 0.586. The SMILES string of the molecule is Cc1cc(F)c(-c2ccc(C#Cc3ccc4cc(F)ccc4c3)c(F)c2)c(F)c1. The highest BCUT2D eigenvalue weighted by Crippen LogP contribution is 2.28. The van der Waals surface area contributed by atoms with E-state index in [9.17, 15) is 17.6 Å². The van der Waals surface area contributed by atoms with Gasteiger partial charge in [0.2, 0.25) is 0 Å². The molecule has 4 aromatic rings. The second-order valence-electron chi connectivity index (χ2n) is 6.75. The van der Waals surface area contributed by atoms with Crippen molar-refractivity contribution >= 4 is 10.8 Å². The molecule has 4 rings (SSSR count). The van der Waals surface area contributed by atoms with Crippen LogP contribution in [-0.4, -0.2) is 0 Å². The van der Waals surface area contributed by atoms with E-state index in [1.54, 1.807) is 31.2 Å². The molecule has 0 unspecified atom stereocenters. The first-order valence-electron chi connectivity index (χ1n) is 8.87. The van der Waals surface area contributed by atoms with Crippen LogP contribution in [0.3, 0.4) is 0 Å². The zero-order chi connectivity index (χ0) is 20.5. The standard InChI is InChI=1S/C25H14F4/c1-15-10-23(28)25(24(29)11-15)20-7-6-17(22(27)14-20)4-2-16-3-5-19-13-21(26)9-8-18(19)12-16/h3,5-14H,1H3. The second-order valence-corrected chi connectivity index (χ2v) is 6.75. The second kappa shape index (κ2) is 7.44. The summed E-state index contributed by atoms with van der Waals surface area (Å²) < 4.78 is 56.0. The Labute approximate surface area is 165 Å². The first kappa shape index (κ1) is 18.8. The Morgan fingerprint density at radius 3 is 2.03 bits per heavy atom. The van der Waals surface area contributed by atoms with Crippen LogP contribution in [0.5, 0.6) is 0 Å². The third kappa shape index (κ3) is 3.86. The van der Waals surface area contributed by atoms with Crippen molar-refractivity contribution in [3.8, 4) is 23.0 Å². The molecule has 0 radical (unpaired) electrons. The Hall–Kier alpha value is -3.58. The molecule has 0 bridgehead atoms. The highest BCUT2D eigenvalue weighted by molar-refractivity contribution is 5.84. The summed E-state index contributed by atoms with van der Waals surface area (Å²) in [5.41, 5.74) is 1.04. The average molecular weight is 390 g/mol. The molecule has 0 aromatic heterocycles. The fraction of sp³-hybridized carbons (Fsp3) is 0.0400. The van der Waals surface area contributed by atoms with E-state index in [-0.39, 0.29) is 22.5 Å². The van der Waals surface area contributed by atoms with Crippen LogP contribution < -0.4 is 0 Å². The van der Waals surface area contributed by atoms with Gasteiger partial charge in [-0.15, -0.1) is 0 Å². The first-order valence-corrected chi connectivity index (χ1v) is 8.87. The maximum Gasteiger partial charge on any atom is 0.139 e. The van der Waals surface area contributed by atoms with Crippen molar-refractivity contribution in [3.05, 3.63) is 107 Å². The Bertz CT molecular complexity index is 1290. The van der Waals surface area contributed by atoms with E-state index in [4.69, 9.17) is 0 Å². The minimum Gasteiger partial charge on any atom is -0.207 e. The van der Waals surface area contributed by atoms with Gasteiger partial charge in [-0.2, -0.15) is 0 Å². The summed E-state index contributed by atoms with van der Waals surface area (Å²) in [5, 5.41) is 1.56. The fourth-order valence-corrected chi connectivity index (χ4v) is 3.18. The number of fused-ring (bicyclic) bond motifs is 1. The van der Waals surface area contributed by atoms with Gasteiger partial charge in [0.25, 0.3) is 0 Å². The van der Waals surface area contributed by atoms with Gasteiger partial charge in [0.15, 0.2) is 0 Å². The molecule has 0 N–H and O–H groups in total. The Balaban J connectivity index is 1.68. The predicted molar refractivity (Wildman–Crippen MR) is 106 cm³/mol. The van der Waals surface area contributed by atoms with E-state index >= 15 is 0 Å². The van der Waals surface area contributed by atoms with Crippen molar-refractivity contribution < 1.29 is 17.6 Å². The van der Waals surface area contributed by atoms with Crippen LogP contribution in [0, 0.1) is 42.0 Å². The lowest BCUT2D eigenvalue weighted by atomic mass is 10.0. The molecule has 0 aliphatic carbocycles. The van der Waals surface area contributed by atoms with Gasteiger partial charge >= 0.3 is 0 Å². The molecular weight excluding hydrogens is 376 g/mol. The van der Waals surface area contributed by atoms with Crippen LogP contribution in [0.15, 0.2) is 66.7 Å². The van der Waals surface area contributed by atoms with Gasteiger partial charge < -0.3 is 0 Å². The molecule has 4 aromatic carbocycles. The van der Waals surface area contributed by atoms with Gasteiger partial charge in [0, 0.05) is 5.56 Å². The molecule has 142 valence electrons. The van der Waals surface area contributed by atoms with Gasteiger partial charge in [-0.1, -0.05) is 30.0 Å². The van der Waals surface area contributed by atoms with E-state index in [0.29, 0.717) is 11.1 Å². The maximum absolute atomic E-state index is 14.5. The lowest BCUT2D eigenvalue weighted by Crippen LogP contribution is -1.94. The first-order chi connectivity index (χ1) is 13.9. The van der Waals surface area contributed by atoms with Gasteiger partial charge in [-0.25, -0.2) is 17.6 Å². The molecule has 0 aliphatic rings. The van der Waals surface area contributed by atoms with Crippen LogP contribution in [0.25, 0.3) is 21.9 Å². The zero-order valence-corrected chi connectivity index (χ0v) is 15.4. The normalized spacial score (nSPS) is 10.7. The quantitative estimate of drug-likeness (QED) is 0.248. The Morgan fingerprint density at radius 1 is 0.621 bits per heavy atom. The molecule has 0 spiro atoms. The lowest BCUT2D eigenvalue weighted by Gasteiger charge is -2.07. The number of aryl methyl sites for hydroxylation is 1. The van der Waals surface area contributed by atoms with Crippen molar-refractivity contribution in [3.63, 3.8) is 0 Å². The number of hydrogen-bond acceptors (Lipinski definition) is 0. The maximum atomic E-state index is 14.5. The molecule has 4 heteroatoms. The largest absolute Gasteiger partial charge is 0.207 e. The van der Waals surface area contributed by atoms with Crippen molar-refractivity contribution in [1.82, 2.24) is 0 Å².